The second-order valence-corrected chi connectivity index (χ2v) is 6.06. The van der Waals surface area contributed by atoms with Gasteiger partial charge in [-0.05, 0) is 25.7 Å². The molecule has 0 bridgehead atoms. The van der Waals surface area contributed by atoms with Crippen molar-refractivity contribution in [3.63, 3.8) is 0 Å². The lowest BCUT2D eigenvalue weighted by Crippen LogP contribution is -2.39. The molecule has 0 aromatic rings. The average Bonchev–Trinajstić information content (AvgIpc) is 2.49. The lowest BCUT2D eigenvalue weighted by molar-refractivity contribution is -0.127. The van der Waals surface area contributed by atoms with Gasteiger partial charge in [-0.15, -0.1) is 0 Å². The summed E-state index contributed by atoms with van der Waals surface area (Å²) < 4.78 is 0. The Morgan fingerprint density at radius 1 is 1.19 bits per heavy atom. The number of aliphatic imine (C=N–C) groups is 1. The highest BCUT2D eigenvalue weighted by molar-refractivity contribution is 5.84. The van der Waals surface area contributed by atoms with Gasteiger partial charge in [-0.1, -0.05) is 32.1 Å². The Hall–Kier alpha value is -1.26. The summed E-state index contributed by atoms with van der Waals surface area (Å²) in [6, 6.07) is 0. The minimum atomic E-state index is 0.0226. The summed E-state index contributed by atoms with van der Waals surface area (Å²) in [6.07, 6.45) is 9.55. The third kappa shape index (κ3) is 7.93. The molecule has 0 aliphatic heterocycles. The quantitative estimate of drug-likeness (QED) is 0.429. The molecule has 0 heterocycles. The second-order valence-electron chi connectivity index (χ2n) is 6.06. The Morgan fingerprint density at radius 2 is 1.90 bits per heavy atom. The molecule has 0 spiro atoms. The predicted octanol–water partition coefficient (Wildman–Crippen LogP) is 1.99. The minimum Gasteiger partial charge on any atom is -0.357 e. The number of nitrogens with zero attached hydrogens (tertiary/aromatic N) is 2. The molecule has 1 saturated carbocycles. The SMILES string of the molecule is CCNC(=NCC(=O)N(C)C)NCCCC1CCCCC1. The number of carbonyl (C=O) groups is 1. The van der Waals surface area contributed by atoms with Crippen molar-refractivity contribution in [1.82, 2.24) is 15.5 Å². The molecule has 1 rings (SSSR count). The smallest absolute Gasteiger partial charge is 0.243 e. The van der Waals surface area contributed by atoms with E-state index in [0.717, 1.165) is 25.0 Å². The van der Waals surface area contributed by atoms with Crippen LogP contribution in [0.25, 0.3) is 0 Å². The Bertz CT molecular complexity index is 322. The largest absolute Gasteiger partial charge is 0.357 e. The summed E-state index contributed by atoms with van der Waals surface area (Å²) in [5.74, 6) is 1.70. The molecule has 0 radical (unpaired) electrons. The van der Waals surface area contributed by atoms with Crippen LogP contribution in [0.2, 0.25) is 0 Å². The molecular formula is C16H32N4O. The van der Waals surface area contributed by atoms with Crippen LogP contribution in [0.15, 0.2) is 4.99 Å². The number of guanidine groups is 1. The summed E-state index contributed by atoms with van der Waals surface area (Å²) in [5.41, 5.74) is 0. The van der Waals surface area contributed by atoms with Crippen molar-refractivity contribution >= 4 is 11.9 Å². The number of hydrogen-bond donors (Lipinski definition) is 2. The van der Waals surface area contributed by atoms with Crippen molar-refractivity contribution in [1.29, 1.82) is 0 Å². The summed E-state index contributed by atoms with van der Waals surface area (Å²) in [6.45, 7) is 3.97. The van der Waals surface area contributed by atoms with E-state index in [1.165, 1.54) is 44.9 Å². The van der Waals surface area contributed by atoms with E-state index in [1.807, 2.05) is 6.92 Å². The number of likely N-dealkylation sites (N-methyl/N-ethyl adjacent to an activating group) is 1. The Kier molecular flexibility index (Phi) is 8.87. The minimum absolute atomic E-state index is 0.0226. The van der Waals surface area contributed by atoms with Crippen LogP contribution < -0.4 is 10.6 Å². The van der Waals surface area contributed by atoms with Crippen LogP contribution >= 0.6 is 0 Å². The van der Waals surface area contributed by atoms with Crippen LogP contribution in [-0.2, 0) is 4.79 Å². The topological polar surface area (TPSA) is 56.7 Å². The van der Waals surface area contributed by atoms with Gasteiger partial charge in [0.1, 0.15) is 6.54 Å². The van der Waals surface area contributed by atoms with Gasteiger partial charge in [-0.3, -0.25) is 4.79 Å². The Balaban J connectivity index is 2.23. The Morgan fingerprint density at radius 3 is 2.52 bits per heavy atom. The first kappa shape index (κ1) is 17.8. The second kappa shape index (κ2) is 10.5. The summed E-state index contributed by atoms with van der Waals surface area (Å²) >= 11 is 0. The van der Waals surface area contributed by atoms with E-state index < -0.39 is 0 Å². The lowest BCUT2D eigenvalue weighted by atomic mass is 9.86. The molecule has 5 nitrogen and oxygen atoms in total. The number of hydrogen-bond acceptors (Lipinski definition) is 2. The lowest BCUT2D eigenvalue weighted by Gasteiger charge is -2.21. The molecule has 2 N–H and O–H groups in total. The van der Waals surface area contributed by atoms with Gasteiger partial charge in [0.05, 0.1) is 0 Å². The van der Waals surface area contributed by atoms with Crippen molar-refractivity contribution in [3.8, 4) is 0 Å². The first-order chi connectivity index (χ1) is 10.1. The first-order valence-electron chi connectivity index (χ1n) is 8.35. The van der Waals surface area contributed by atoms with Crippen LogP contribution in [0, 0.1) is 5.92 Å². The first-order valence-corrected chi connectivity index (χ1v) is 8.35. The van der Waals surface area contributed by atoms with E-state index in [2.05, 4.69) is 15.6 Å². The molecule has 1 aliphatic rings. The molecule has 0 unspecified atom stereocenters. The maximum atomic E-state index is 11.6. The summed E-state index contributed by atoms with van der Waals surface area (Å²) in [4.78, 5) is 17.4. The van der Waals surface area contributed by atoms with E-state index in [-0.39, 0.29) is 12.5 Å². The van der Waals surface area contributed by atoms with Crippen LogP contribution in [0.4, 0.5) is 0 Å². The van der Waals surface area contributed by atoms with Gasteiger partial charge in [0.2, 0.25) is 5.91 Å². The van der Waals surface area contributed by atoms with Crippen LogP contribution in [-0.4, -0.2) is 50.5 Å². The zero-order valence-electron chi connectivity index (χ0n) is 14.0. The fourth-order valence-corrected chi connectivity index (χ4v) is 2.70. The van der Waals surface area contributed by atoms with Crippen LogP contribution in [0.5, 0.6) is 0 Å². The number of nitrogens with one attached hydrogen (secondary N) is 2. The van der Waals surface area contributed by atoms with Crippen LogP contribution in [0.3, 0.4) is 0 Å². The third-order valence-electron chi connectivity index (χ3n) is 4.02. The van der Waals surface area contributed by atoms with Gasteiger partial charge in [-0.2, -0.15) is 0 Å². The van der Waals surface area contributed by atoms with Gasteiger partial charge < -0.3 is 15.5 Å². The van der Waals surface area contributed by atoms with Crippen molar-refractivity contribution in [2.45, 2.75) is 51.9 Å². The monoisotopic (exact) mass is 296 g/mol. The zero-order valence-corrected chi connectivity index (χ0v) is 14.0. The predicted molar refractivity (Wildman–Crippen MR) is 88.5 cm³/mol. The zero-order chi connectivity index (χ0) is 15.5. The van der Waals surface area contributed by atoms with E-state index in [0.29, 0.717) is 0 Å². The molecule has 1 amide bonds. The van der Waals surface area contributed by atoms with Crippen molar-refractivity contribution in [2.24, 2.45) is 10.9 Å². The van der Waals surface area contributed by atoms with Crippen molar-refractivity contribution < 1.29 is 4.79 Å². The number of amides is 1. The highest BCUT2D eigenvalue weighted by Crippen LogP contribution is 2.26. The van der Waals surface area contributed by atoms with Gasteiger partial charge in [0.25, 0.3) is 0 Å². The van der Waals surface area contributed by atoms with Crippen molar-refractivity contribution in [3.05, 3.63) is 0 Å². The van der Waals surface area contributed by atoms with Crippen LogP contribution in [0.1, 0.15) is 51.9 Å². The molecular weight excluding hydrogens is 264 g/mol. The Labute approximate surface area is 129 Å². The fraction of sp³-hybridized carbons (Fsp3) is 0.875. The molecule has 0 aromatic heterocycles. The maximum absolute atomic E-state index is 11.6. The molecule has 0 saturated heterocycles. The molecule has 5 heteroatoms. The molecule has 1 fully saturated rings. The maximum Gasteiger partial charge on any atom is 0.243 e. The third-order valence-corrected chi connectivity index (χ3v) is 4.02. The molecule has 0 atom stereocenters. The van der Waals surface area contributed by atoms with E-state index in [1.54, 1.807) is 19.0 Å². The fourth-order valence-electron chi connectivity index (χ4n) is 2.70. The molecule has 21 heavy (non-hydrogen) atoms. The van der Waals surface area contributed by atoms with Gasteiger partial charge in [0.15, 0.2) is 5.96 Å². The normalized spacial score (nSPS) is 16.6. The van der Waals surface area contributed by atoms with E-state index in [4.69, 9.17) is 0 Å². The van der Waals surface area contributed by atoms with Crippen molar-refractivity contribution in [2.75, 3.05) is 33.7 Å². The number of rotatable bonds is 7. The van der Waals surface area contributed by atoms with E-state index in [9.17, 15) is 4.79 Å². The van der Waals surface area contributed by atoms with E-state index >= 15 is 0 Å². The van der Waals surface area contributed by atoms with Gasteiger partial charge >= 0.3 is 0 Å². The standard InChI is InChI=1S/C16H32N4O/c1-4-17-16(19-13-15(21)20(2)3)18-12-8-11-14-9-6-5-7-10-14/h14H,4-13H2,1-3H3,(H2,17,18,19). The summed E-state index contributed by atoms with van der Waals surface area (Å²) in [7, 11) is 3.50. The highest BCUT2D eigenvalue weighted by Gasteiger charge is 2.12. The van der Waals surface area contributed by atoms with Gasteiger partial charge in [0, 0.05) is 27.2 Å². The molecule has 122 valence electrons. The number of carbonyl (C=O) groups excluding carboxylic acids is 1. The average molecular weight is 296 g/mol. The summed E-state index contributed by atoms with van der Waals surface area (Å²) in [5, 5.41) is 6.51. The van der Waals surface area contributed by atoms with Gasteiger partial charge in [-0.25, -0.2) is 4.99 Å². The highest BCUT2D eigenvalue weighted by atomic mass is 16.2. The molecule has 1 aliphatic carbocycles. The molecule has 0 aromatic carbocycles.